The maximum absolute atomic E-state index is 13.5. The first-order valence-corrected chi connectivity index (χ1v) is 9.23. The predicted octanol–water partition coefficient (Wildman–Crippen LogP) is 2.92. The molecular weight excluding hydrogens is 484 g/mol. The number of guanidine groups is 1. The van der Waals surface area contributed by atoms with Crippen molar-refractivity contribution in [1.82, 2.24) is 30.2 Å². The van der Waals surface area contributed by atoms with Gasteiger partial charge in [-0.15, -0.1) is 34.2 Å². The predicted molar refractivity (Wildman–Crippen MR) is 123 cm³/mol. The van der Waals surface area contributed by atoms with E-state index in [0.29, 0.717) is 13.1 Å². The van der Waals surface area contributed by atoms with E-state index in [0.717, 1.165) is 46.7 Å². The van der Waals surface area contributed by atoms with Crippen molar-refractivity contribution in [2.75, 3.05) is 20.1 Å². The molecule has 0 bridgehead atoms. The van der Waals surface area contributed by atoms with Crippen LogP contribution in [0.3, 0.4) is 0 Å². The molecule has 0 aliphatic heterocycles. The highest BCUT2D eigenvalue weighted by Gasteiger charge is 2.07. The van der Waals surface area contributed by atoms with E-state index in [9.17, 15) is 4.39 Å². The number of aliphatic imine (C=N–C) groups is 1. The Bertz CT molecular complexity index is 1120. The SMILES string of the molecule is CN=C(NCCc1c[nH]c2ccc(F)cc12)NCCc1nnc2ccccn12.I. The largest absolute Gasteiger partial charge is 0.361 e. The van der Waals surface area contributed by atoms with Gasteiger partial charge in [-0.1, -0.05) is 6.07 Å². The Labute approximate surface area is 184 Å². The van der Waals surface area contributed by atoms with Gasteiger partial charge in [0.05, 0.1) is 0 Å². The van der Waals surface area contributed by atoms with E-state index < -0.39 is 0 Å². The fraction of sp³-hybridized carbons (Fsp3) is 0.250. The van der Waals surface area contributed by atoms with Gasteiger partial charge in [0.15, 0.2) is 11.6 Å². The first-order valence-electron chi connectivity index (χ1n) is 9.23. The van der Waals surface area contributed by atoms with Crippen LogP contribution >= 0.6 is 24.0 Å². The van der Waals surface area contributed by atoms with Gasteiger partial charge in [-0.25, -0.2) is 4.39 Å². The number of nitrogens with zero attached hydrogens (tertiary/aromatic N) is 4. The van der Waals surface area contributed by atoms with Gasteiger partial charge >= 0.3 is 0 Å². The van der Waals surface area contributed by atoms with Crippen molar-refractivity contribution in [1.29, 1.82) is 0 Å². The van der Waals surface area contributed by atoms with E-state index in [2.05, 4.69) is 30.8 Å². The molecule has 1 aromatic carbocycles. The van der Waals surface area contributed by atoms with Crippen molar-refractivity contribution in [2.24, 2.45) is 4.99 Å². The van der Waals surface area contributed by atoms with Gasteiger partial charge in [-0.05, 0) is 42.3 Å². The number of rotatable bonds is 6. The molecule has 0 aliphatic carbocycles. The van der Waals surface area contributed by atoms with Crippen molar-refractivity contribution in [3.63, 3.8) is 0 Å². The quantitative estimate of drug-likeness (QED) is 0.213. The van der Waals surface area contributed by atoms with E-state index in [-0.39, 0.29) is 29.8 Å². The second kappa shape index (κ2) is 9.68. The molecule has 0 atom stereocenters. The van der Waals surface area contributed by atoms with Gasteiger partial charge in [0.1, 0.15) is 11.6 Å². The number of fused-ring (bicyclic) bond motifs is 2. The van der Waals surface area contributed by atoms with Crippen LogP contribution in [-0.4, -0.2) is 45.7 Å². The molecule has 4 aromatic rings. The first kappa shape index (κ1) is 21.0. The lowest BCUT2D eigenvalue weighted by molar-refractivity contribution is 0.629. The lowest BCUT2D eigenvalue weighted by Gasteiger charge is -2.11. The number of benzene rings is 1. The van der Waals surface area contributed by atoms with E-state index in [4.69, 9.17) is 0 Å². The Balaban J connectivity index is 0.00000240. The molecule has 29 heavy (non-hydrogen) atoms. The Morgan fingerprint density at radius 1 is 1.14 bits per heavy atom. The number of hydrogen-bond donors (Lipinski definition) is 3. The van der Waals surface area contributed by atoms with Gasteiger partial charge in [0.25, 0.3) is 0 Å². The van der Waals surface area contributed by atoms with Crippen LogP contribution in [0.2, 0.25) is 0 Å². The molecule has 9 heteroatoms. The summed E-state index contributed by atoms with van der Waals surface area (Å²) >= 11 is 0. The molecule has 3 heterocycles. The van der Waals surface area contributed by atoms with Gasteiger partial charge < -0.3 is 15.6 Å². The van der Waals surface area contributed by atoms with Crippen LogP contribution in [0.25, 0.3) is 16.6 Å². The number of aromatic nitrogens is 4. The minimum Gasteiger partial charge on any atom is -0.361 e. The van der Waals surface area contributed by atoms with Crippen molar-refractivity contribution < 1.29 is 4.39 Å². The molecule has 3 N–H and O–H groups in total. The molecule has 3 aromatic heterocycles. The third-order valence-corrected chi connectivity index (χ3v) is 4.67. The summed E-state index contributed by atoms with van der Waals surface area (Å²) in [4.78, 5) is 7.42. The van der Waals surface area contributed by atoms with E-state index in [1.807, 2.05) is 35.0 Å². The number of halogens is 2. The topological polar surface area (TPSA) is 82.4 Å². The zero-order valence-corrected chi connectivity index (χ0v) is 18.4. The highest BCUT2D eigenvalue weighted by Crippen LogP contribution is 2.19. The standard InChI is InChI=1S/C20H22FN7.HI/c1-22-20(24-10-8-19-27-26-18-4-2-3-11-28(18)19)23-9-7-14-13-25-17-6-5-15(21)12-16(14)17;/h2-6,11-13,25H,7-10H2,1H3,(H2,22,23,24);1H. The molecule has 4 rings (SSSR count). The molecule has 7 nitrogen and oxygen atoms in total. The van der Waals surface area contributed by atoms with E-state index >= 15 is 0 Å². The monoisotopic (exact) mass is 507 g/mol. The van der Waals surface area contributed by atoms with E-state index in [1.165, 1.54) is 6.07 Å². The molecule has 0 amide bonds. The van der Waals surface area contributed by atoms with Crippen LogP contribution < -0.4 is 10.6 Å². The highest BCUT2D eigenvalue weighted by molar-refractivity contribution is 14.0. The van der Waals surface area contributed by atoms with E-state index in [1.54, 1.807) is 19.2 Å². The van der Waals surface area contributed by atoms with Crippen LogP contribution in [0, 0.1) is 5.82 Å². The fourth-order valence-corrected chi connectivity index (χ4v) is 3.25. The average Bonchev–Trinajstić information content (AvgIpc) is 3.31. The molecule has 0 fully saturated rings. The van der Waals surface area contributed by atoms with Crippen molar-refractivity contribution in [3.05, 3.63) is 66.0 Å². The highest BCUT2D eigenvalue weighted by atomic mass is 127. The second-order valence-corrected chi connectivity index (χ2v) is 6.47. The Morgan fingerprint density at radius 3 is 2.79 bits per heavy atom. The average molecular weight is 507 g/mol. The van der Waals surface area contributed by atoms with Crippen molar-refractivity contribution >= 4 is 46.5 Å². The third kappa shape index (κ3) is 4.84. The fourth-order valence-electron chi connectivity index (χ4n) is 3.25. The lowest BCUT2D eigenvalue weighted by atomic mass is 10.1. The summed E-state index contributed by atoms with van der Waals surface area (Å²) < 4.78 is 15.5. The minimum absolute atomic E-state index is 0. The number of pyridine rings is 1. The molecular formula is C20H23FIN7. The van der Waals surface area contributed by atoms with Crippen LogP contribution in [0.4, 0.5) is 4.39 Å². The molecule has 152 valence electrons. The van der Waals surface area contributed by atoms with Crippen LogP contribution in [-0.2, 0) is 12.8 Å². The molecule has 0 aliphatic rings. The summed E-state index contributed by atoms with van der Waals surface area (Å²) in [5.41, 5.74) is 2.86. The Hall–Kier alpha value is -2.69. The molecule has 0 saturated heterocycles. The maximum atomic E-state index is 13.5. The Kier molecular flexibility index (Phi) is 7.02. The number of nitrogens with one attached hydrogen (secondary N) is 3. The van der Waals surface area contributed by atoms with Gasteiger partial charge in [-0.3, -0.25) is 9.39 Å². The van der Waals surface area contributed by atoms with Crippen molar-refractivity contribution in [2.45, 2.75) is 12.8 Å². The summed E-state index contributed by atoms with van der Waals surface area (Å²) in [7, 11) is 1.74. The number of hydrogen-bond acceptors (Lipinski definition) is 3. The molecule has 0 spiro atoms. The normalized spacial score (nSPS) is 11.6. The molecule has 0 unspecified atom stereocenters. The van der Waals surface area contributed by atoms with Gasteiger partial charge in [-0.2, -0.15) is 0 Å². The summed E-state index contributed by atoms with van der Waals surface area (Å²) in [6.45, 7) is 1.38. The summed E-state index contributed by atoms with van der Waals surface area (Å²) in [6, 6.07) is 10.6. The smallest absolute Gasteiger partial charge is 0.191 e. The van der Waals surface area contributed by atoms with Gasteiger partial charge in [0, 0.05) is 49.9 Å². The summed E-state index contributed by atoms with van der Waals surface area (Å²) in [5, 5.41) is 15.9. The maximum Gasteiger partial charge on any atom is 0.191 e. The van der Waals surface area contributed by atoms with Crippen LogP contribution in [0.1, 0.15) is 11.4 Å². The Morgan fingerprint density at radius 2 is 1.97 bits per heavy atom. The van der Waals surface area contributed by atoms with Crippen LogP contribution in [0.5, 0.6) is 0 Å². The first-order chi connectivity index (χ1) is 13.7. The number of aromatic amines is 1. The summed E-state index contributed by atoms with van der Waals surface area (Å²) in [6.07, 6.45) is 5.38. The summed E-state index contributed by atoms with van der Waals surface area (Å²) in [5.74, 6) is 1.40. The number of H-pyrrole nitrogens is 1. The zero-order chi connectivity index (χ0) is 19.3. The lowest BCUT2D eigenvalue weighted by Crippen LogP contribution is -2.39. The third-order valence-electron chi connectivity index (χ3n) is 4.67. The van der Waals surface area contributed by atoms with Crippen molar-refractivity contribution in [3.8, 4) is 0 Å². The second-order valence-electron chi connectivity index (χ2n) is 6.47. The van der Waals surface area contributed by atoms with Gasteiger partial charge in [0.2, 0.25) is 0 Å². The minimum atomic E-state index is -0.222. The van der Waals surface area contributed by atoms with Crippen LogP contribution in [0.15, 0.2) is 53.8 Å². The molecule has 0 radical (unpaired) electrons. The zero-order valence-electron chi connectivity index (χ0n) is 16.0. The molecule has 0 saturated carbocycles.